The summed E-state index contributed by atoms with van der Waals surface area (Å²) in [7, 11) is 0. The minimum atomic E-state index is -0.223. The molecule has 17 heavy (non-hydrogen) atoms. The lowest BCUT2D eigenvalue weighted by atomic mass is 10.3. The van der Waals surface area contributed by atoms with Crippen LogP contribution in [0.1, 0.15) is 6.42 Å². The van der Waals surface area contributed by atoms with E-state index in [1.54, 1.807) is 0 Å². The predicted molar refractivity (Wildman–Crippen MR) is 68.0 cm³/mol. The molecule has 0 heterocycles. The molecule has 0 saturated carbocycles. The highest BCUT2D eigenvalue weighted by Gasteiger charge is 1.99. The van der Waals surface area contributed by atoms with E-state index in [0.29, 0.717) is 26.3 Å². The summed E-state index contributed by atoms with van der Waals surface area (Å²) in [6.45, 7) is 2.26. The molecule has 5 heteroatoms. The molecule has 1 aromatic carbocycles. The van der Waals surface area contributed by atoms with Crippen molar-refractivity contribution in [3.63, 3.8) is 0 Å². The van der Waals surface area contributed by atoms with Gasteiger partial charge in [0.25, 0.3) is 0 Å². The Morgan fingerprint density at radius 1 is 1.24 bits per heavy atom. The van der Waals surface area contributed by atoms with Gasteiger partial charge in [0.15, 0.2) is 0 Å². The van der Waals surface area contributed by atoms with Crippen LogP contribution in [-0.2, 0) is 4.74 Å². The first-order valence-electron chi connectivity index (χ1n) is 5.70. The van der Waals surface area contributed by atoms with E-state index in [-0.39, 0.29) is 6.03 Å². The highest BCUT2D eigenvalue weighted by Crippen LogP contribution is 2.03. The molecule has 0 fully saturated rings. The topological polar surface area (TPSA) is 76.4 Å². The number of anilines is 1. The minimum absolute atomic E-state index is 0.223. The van der Waals surface area contributed by atoms with Gasteiger partial charge in [0, 0.05) is 18.8 Å². The fourth-order valence-electron chi connectivity index (χ4n) is 1.22. The maximum atomic E-state index is 11.4. The smallest absolute Gasteiger partial charge is 0.319 e. The number of carbonyl (C=O) groups excluding carboxylic acids is 1. The molecule has 5 nitrogen and oxygen atoms in total. The predicted octanol–water partition coefficient (Wildman–Crippen LogP) is 1.17. The van der Waals surface area contributed by atoms with Gasteiger partial charge in [-0.15, -0.1) is 0 Å². The monoisotopic (exact) mass is 237 g/mol. The average molecular weight is 237 g/mol. The molecule has 2 amide bonds. The molecule has 0 aromatic heterocycles. The Labute approximate surface area is 101 Å². The van der Waals surface area contributed by atoms with E-state index in [2.05, 4.69) is 10.6 Å². The molecule has 94 valence electrons. The maximum Gasteiger partial charge on any atom is 0.319 e. The Kier molecular flexibility index (Phi) is 6.78. The molecular formula is C12H19N3O2. The van der Waals surface area contributed by atoms with E-state index < -0.39 is 0 Å². The van der Waals surface area contributed by atoms with Gasteiger partial charge in [-0.05, 0) is 25.1 Å². The molecule has 0 bridgehead atoms. The fourth-order valence-corrected chi connectivity index (χ4v) is 1.22. The summed E-state index contributed by atoms with van der Waals surface area (Å²) in [5, 5.41) is 5.42. The van der Waals surface area contributed by atoms with Crippen molar-refractivity contribution in [3.05, 3.63) is 30.3 Å². The van der Waals surface area contributed by atoms with Crippen molar-refractivity contribution < 1.29 is 9.53 Å². The molecule has 4 N–H and O–H groups in total. The number of ether oxygens (including phenoxy) is 1. The zero-order valence-electron chi connectivity index (χ0n) is 9.82. The molecule has 0 aliphatic carbocycles. The second kappa shape index (κ2) is 8.55. The highest BCUT2D eigenvalue weighted by atomic mass is 16.5. The van der Waals surface area contributed by atoms with Gasteiger partial charge in [0.2, 0.25) is 0 Å². The largest absolute Gasteiger partial charge is 0.380 e. The van der Waals surface area contributed by atoms with Crippen molar-refractivity contribution in [2.75, 3.05) is 31.6 Å². The zero-order valence-corrected chi connectivity index (χ0v) is 9.82. The molecule has 1 aromatic rings. The van der Waals surface area contributed by atoms with Gasteiger partial charge >= 0.3 is 6.03 Å². The van der Waals surface area contributed by atoms with Gasteiger partial charge < -0.3 is 21.1 Å². The van der Waals surface area contributed by atoms with Gasteiger partial charge in [-0.2, -0.15) is 0 Å². The lowest BCUT2D eigenvalue weighted by molar-refractivity contribution is 0.136. The number of nitrogens with two attached hydrogens (primary N) is 1. The third-order valence-corrected chi connectivity index (χ3v) is 2.06. The van der Waals surface area contributed by atoms with Crippen LogP contribution in [0.5, 0.6) is 0 Å². The average Bonchev–Trinajstić information content (AvgIpc) is 2.35. The Morgan fingerprint density at radius 2 is 2.00 bits per heavy atom. The van der Waals surface area contributed by atoms with Gasteiger partial charge in [0.1, 0.15) is 0 Å². The van der Waals surface area contributed by atoms with Crippen LogP contribution in [0.3, 0.4) is 0 Å². The van der Waals surface area contributed by atoms with Crippen LogP contribution < -0.4 is 16.4 Å². The number of para-hydroxylation sites is 1. The van der Waals surface area contributed by atoms with Crippen LogP contribution in [0.4, 0.5) is 10.5 Å². The van der Waals surface area contributed by atoms with E-state index in [0.717, 1.165) is 12.1 Å². The van der Waals surface area contributed by atoms with Gasteiger partial charge in [-0.1, -0.05) is 18.2 Å². The summed E-state index contributed by atoms with van der Waals surface area (Å²) >= 11 is 0. The Bertz CT molecular complexity index is 317. The number of amides is 2. The lowest BCUT2D eigenvalue weighted by Gasteiger charge is -2.07. The van der Waals surface area contributed by atoms with Crippen molar-refractivity contribution in [2.24, 2.45) is 5.73 Å². The maximum absolute atomic E-state index is 11.4. The van der Waals surface area contributed by atoms with Gasteiger partial charge in [0.05, 0.1) is 6.61 Å². The molecule has 0 unspecified atom stereocenters. The lowest BCUT2D eigenvalue weighted by Crippen LogP contribution is -2.31. The van der Waals surface area contributed by atoms with Crippen LogP contribution in [-0.4, -0.2) is 32.3 Å². The van der Waals surface area contributed by atoms with Gasteiger partial charge in [-0.3, -0.25) is 0 Å². The Morgan fingerprint density at radius 3 is 2.71 bits per heavy atom. The number of hydrogen-bond donors (Lipinski definition) is 3. The van der Waals surface area contributed by atoms with Crippen LogP contribution in [0.25, 0.3) is 0 Å². The summed E-state index contributed by atoms with van der Waals surface area (Å²) in [4.78, 5) is 11.4. The standard InChI is InChI=1S/C12H19N3O2/c13-7-4-9-17-10-8-14-12(16)15-11-5-2-1-3-6-11/h1-3,5-6H,4,7-10,13H2,(H2,14,15,16). The molecule has 0 atom stereocenters. The van der Waals surface area contributed by atoms with Crippen LogP contribution >= 0.6 is 0 Å². The number of hydrogen-bond acceptors (Lipinski definition) is 3. The fraction of sp³-hybridized carbons (Fsp3) is 0.417. The Balaban J connectivity index is 2.06. The van der Waals surface area contributed by atoms with Crippen molar-refractivity contribution in [3.8, 4) is 0 Å². The zero-order chi connectivity index (χ0) is 12.3. The number of nitrogens with one attached hydrogen (secondary N) is 2. The summed E-state index contributed by atoms with van der Waals surface area (Å²) in [5.74, 6) is 0. The van der Waals surface area contributed by atoms with Crippen molar-refractivity contribution in [1.82, 2.24) is 5.32 Å². The first kappa shape index (κ1) is 13.5. The second-order valence-corrected chi connectivity index (χ2v) is 3.50. The number of carbonyl (C=O) groups is 1. The summed E-state index contributed by atoms with van der Waals surface area (Å²) in [5.41, 5.74) is 6.09. The van der Waals surface area contributed by atoms with E-state index in [4.69, 9.17) is 10.5 Å². The quantitative estimate of drug-likeness (QED) is 0.623. The number of rotatable bonds is 7. The first-order chi connectivity index (χ1) is 8.33. The van der Waals surface area contributed by atoms with Crippen molar-refractivity contribution in [2.45, 2.75) is 6.42 Å². The summed E-state index contributed by atoms with van der Waals surface area (Å²) in [6.07, 6.45) is 0.843. The molecular weight excluding hydrogens is 218 g/mol. The molecule has 0 aliphatic heterocycles. The SMILES string of the molecule is NCCCOCCNC(=O)Nc1ccccc1. The molecule has 1 rings (SSSR count). The van der Waals surface area contributed by atoms with E-state index in [9.17, 15) is 4.79 Å². The van der Waals surface area contributed by atoms with E-state index >= 15 is 0 Å². The number of urea groups is 1. The molecule has 0 radical (unpaired) electrons. The molecule has 0 saturated heterocycles. The number of benzene rings is 1. The van der Waals surface area contributed by atoms with Crippen molar-refractivity contribution >= 4 is 11.7 Å². The van der Waals surface area contributed by atoms with Crippen LogP contribution in [0, 0.1) is 0 Å². The van der Waals surface area contributed by atoms with E-state index in [1.165, 1.54) is 0 Å². The second-order valence-electron chi connectivity index (χ2n) is 3.50. The van der Waals surface area contributed by atoms with Crippen molar-refractivity contribution in [1.29, 1.82) is 0 Å². The van der Waals surface area contributed by atoms with Crippen LogP contribution in [0.2, 0.25) is 0 Å². The minimum Gasteiger partial charge on any atom is -0.380 e. The van der Waals surface area contributed by atoms with E-state index in [1.807, 2.05) is 30.3 Å². The molecule has 0 aliphatic rings. The Hall–Kier alpha value is -1.59. The summed E-state index contributed by atoms with van der Waals surface area (Å²) in [6, 6.07) is 9.07. The first-order valence-corrected chi connectivity index (χ1v) is 5.70. The highest BCUT2D eigenvalue weighted by molar-refractivity contribution is 5.89. The summed E-state index contributed by atoms with van der Waals surface area (Å²) < 4.78 is 5.25. The van der Waals surface area contributed by atoms with Gasteiger partial charge in [-0.25, -0.2) is 4.79 Å². The third-order valence-electron chi connectivity index (χ3n) is 2.06. The molecule has 0 spiro atoms. The normalized spacial score (nSPS) is 9.94. The van der Waals surface area contributed by atoms with Crippen LogP contribution in [0.15, 0.2) is 30.3 Å². The third kappa shape index (κ3) is 6.55.